The van der Waals surface area contributed by atoms with Crippen molar-refractivity contribution in [2.24, 2.45) is 5.73 Å². The van der Waals surface area contributed by atoms with E-state index in [0.29, 0.717) is 17.9 Å². The summed E-state index contributed by atoms with van der Waals surface area (Å²) in [7, 11) is 3.03. The minimum Gasteiger partial charge on any atom is -0.496 e. The highest BCUT2D eigenvalue weighted by molar-refractivity contribution is 7.99. The van der Waals surface area contributed by atoms with Crippen molar-refractivity contribution in [2.45, 2.75) is 19.9 Å². The maximum absolute atomic E-state index is 12.0. The van der Waals surface area contributed by atoms with Crippen LogP contribution in [0.25, 0.3) is 11.4 Å². The number of amides is 1. The zero-order chi connectivity index (χ0) is 22.4. The molecule has 0 bridgehead atoms. The first kappa shape index (κ1) is 22.9. The number of primary amides is 1. The van der Waals surface area contributed by atoms with Crippen LogP contribution in [-0.2, 0) is 22.5 Å². The van der Waals surface area contributed by atoms with Gasteiger partial charge in [-0.3, -0.25) is 9.59 Å². The number of aromatic nitrogens is 2. The van der Waals surface area contributed by atoms with Crippen LogP contribution in [0.1, 0.15) is 26.6 Å². The summed E-state index contributed by atoms with van der Waals surface area (Å²) in [6.07, 6.45) is 0.751. The van der Waals surface area contributed by atoms with Gasteiger partial charge in [0.2, 0.25) is 0 Å². The number of thiazole rings is 1. The third kappa shape index (κ3) is 5.48. The molecular formula is C22H25N3O4S2. The Morgan fingerprint density at radius 1 is 1.26 bits per heavy atom. The standard InChI is InChI=1S/C22H25N3O4S2/c1-14-16(22(23)27)10-18(25(14)11-15-6-4-5-7-19(15)28-2)17-12-31-20(24-17)8-9-30-13-21(26)29-3/h4-7,10,12H,8-9,11,13H2,1-3H3,(H2,23,27). The quantitative estimate of drug-likeness (QED) is 0.368. The third-order valence-electron chi connectivity index (χ3n) is 4.87. The molecule has 0 fully saturated rings. The molecule has 0 spiro atoms. The molecule has 0 aliphatic heterocycles. The number of ether oxygens (including phenoxy) is 2. The van der Waals surface area contributed by atoms with Crippen molar-refractivity contribution in [1.82, 2.24) is 9.55 Å². The largest absolute Gasteiger partial charge is 0.496 e. The fourth-order valence-corrected chi connectivity index (χ4v) is 4.92. The van der Waals surface area contributed by atoms with Crippen molar-refractivity contribution in [2.75, 3.05) is 25.7 Å². The van der Waals surface area contributed by atoms with E-state index in [-0.39, 0.29) is 5.97 Å². The molecule has 0 saturated carbocycles. The van der Waals surface area contributed by atoms with Gasteiger partial charge in [0.15, 0.2) is 0 Å². The molecule has 164 valence electrons. The van der Waals surface area contributed by atoms with E-state index in [9.17, 15) is 9.59 Å². The number of thioether (sulfide) groups is 1. The summed E-state index contributed by atoms with van der Waals surface area (Å²) >= 11 is 3.08. The molecule has 0 saturated heterocycles. The molecule has 2 N–H and O–H groups in total. The lowest BCUT2D eigenvalue weighted by Crippen LogP contribution is -2.13. The van der Waals surface area contributed by atoms with Crippen molar-refractivity contribution < 1.29 is 19.1 Å². The van der Waals surface area contributed by atoms with Gasteiger partial charge in [0, 0.05) is 28.8 Å². The first-order valence-electron chi connectivity index (χ1n) is 9.65. The van der Waals surface area contributed by atoms with Crippen molar-refractivity contribution >= 4 is 35.0 Å². The van der Waals surface area contributed by atoms with Gasteiger partial charge in [0.1, 0.15) is 5.75 Å². The summed E-state index contributed by atoms with van der Waals surface area (Å²) in [4.78, 5) is 28.0. The maximum atomic E-state index is 12.0. The smallest absolute Gasteiger partial charge is 0.315 e. The molecule has 2 aromatic heterocycles. The van der Waals surface area contributed by atoms with E-state index in [0.717, 1.165) is 45.6 Å². The second-order valence-corrected chi connectivity index (χ2v) is 8.84. The van der Waals surface area contributed by atoms with Gasteiger partial charge in [0.05, 0.1) is 48.5 Å². The third-order valence-corrected chi connectivity index (χ3v) is 6.72. The Bertz CT molecular complexity index is 1070. The second kappa shape index (κ2) is 10.5. The minimum absolute atomic E-state index is 0.228. The van der Waals surface area contributed by atoms with Crippen LogP contribution in [-0.4, -0.2) is 47.2 Å². The first-order valence-corrected chi connectivity index (χ1v) is 11.7. The van der Waals surface area contributed by atoms with E-state index in [2.05, 4.69) is 4.74 Å². The Morgan fingerprint density at radius 2 is 2.03 bits per heavy atom. The number of methoxy groups -OCH3 is 2. The van der Waals surface area contributed by atoms with E-state index < -0.39 is 5.91 Å². The van der Waals surface area contributed by atoms with Gasteiger partial charge in [-0.25, -0.2) is 4.98 Å². The van der Waals surface area contributed by atoms with Gasteiger partial charge in [-0.2, -0.15) is 0 Å². The minimum atomic E-state index is -0.466. The van der Waals surface area contributed by atoms with Gasteiger partial charge in [0.25, 0.3) is 5.91 Å². The van der Waals surface area contributed by atoms with E-state index in [4.69, 9.17) is 15.5 Å². The molecule has 0 unspecified atom stereocenters. The predicted octanol–water partition coefficient (Wildman–Crippen LogP) is 3.52. The Balaban J connectivity index is 1.85. The van der Waals surface area contributed by atoms with Crippen LogP contribution in [0.15, 0.2) is 35.7 Å². The lowest BCUT2D eigenvalue weighted by atomic mass is 10.2. The summed E-state index contributed by atoms with van der Waals surface area (Å²) in [5, 5.41) is 2.95. The van der Waals surface area contributed by atoms with Crippen molar-refractivity contribution in [3.05, 3.63) is 57.5 Å². The number of hydrogen-bond acceptors (Lipinski definition) is 7. The van der Waals surface area contributed by atoms with Gasteiger partial charge in [-0.05, 0) is 19.1 Å². The summed E-state index contributed by atoms with van der Waals surface area (Å²) in [6.45, 7) is 2.41. The zero-order valence-corrected chi connectivity index (χ0v) is 19.3. The normalized spacial score (nSPS) is 10.8. The Kier molecular flexibility index (Phi) is 7.75. The number of hydrogen-bond donors (Lipinski definition) is 1. The molecule has 1 amide bonds. The van der Waals surface area contributed by atoms with Crippen molar-refractivity contribution in [3.8, 4) is 17.1 Å². The van der Waals surface area contributed by atoms with Crippen LogP contribution >= 0.6 is 23.1 Å². The first-order chi connectivity index (χ1) is 14.9. The monoisotopic (exact) mass is 459 g/mol. The van der Waals surface area contributed by atoms with Gasteiger partial charge < -0.3 is 19.8 Å². The molecule has 3 rings (SSSR count). The number of nitrogens with two attached hydrogens (primary N) is 1. The second-order valence-electron chi connectivity index (χ2n) is 6.80. The van der Waals surface area contributed by atoms with Crippen LogP contribution in [0, 0.1) is 6.92 Å². The number of aryl methyl sites for hydroxylation is 1. The maximum Gasteiger partial charge on any atom is 0.315 e. The molecule has 3 aromatic rings. The van der Waals surface area contributed by atoms with Crippen LogP contribution in [0.3, 0.4) is 0 Å². The molecule has 2 heterocycles. The summed E-state index contributed by atoms with van der Waals surface area (Å²) < 4.78 is 12.2. The average molecular weight is 460 g/mol. The van der Waals surface area contributed by atoms with E-state index >= 15 is 0 Å². The molecule has 9 heteroatoms. The lowest BCUT2D eigenvalue weighted by Gasteiger charge is -2.13. The van der Waals surface area contributed by atoms with E-state index in [1.807, 2.05) is 41.1 Å². The molecule has 0 aliphatic rings. The van der Waals surface area contributed by atoms with Crippen LogP contribution in [0.4, 0.5) is 0 Å². The number of nitrogens with zero attached hydrogens (tertiary/aromatic N) is 2. The molecular weight excluding hydrogens is 434 g/mol. The number of benzene rings is 1. The molecule has 7 nitrogen and oxygen atoms in total. The molecule has 1 aromatic carbocycles. The number of para-hydroxylation sites is 1. The average Bonchev–Trinajstić information content (AvgIpc) is 3.36. The van der Waals surface area contributed by atoms with Crippen molar-refractivity contribution in [3.63, 3.8) is 0 Å². The molecule has 31 heavy (non-hydrogen) atoms. The number of carbonyl (C=O) groups is 2. The zero-order valence-electron chi connectivity index (χ0n) is 17.7. The topological polar surface area (TPSA) is 96.4 Å². The van der Waals surface area contributed by atoms with E-state index in [1.165, 1.54) is 18.9 Å². The Hall–Kier alpha value is -2.78. The lowest BCUT2D eigenvalue weighted by molar-refractivity contribution is -0.137. The Morgan fingerprint density at radius 3 is 2.74 bits per heavy atom. The molecule has 0 aliphatic carbocycles. The highest BCUT2D eigenvalue weighted by Gasteiger charge is 2.19. The van der Waals surface area contributed by atoms with Crippen LogP contribution in [0.2, 0.25) is 0 Å². The van der Waals surface area contributed by atoms with Gasteiger partial charge >= 0.3 is 5.97 Å². The van der Waals surface area contributed by atoms with Crippen LogP contribution in [0.5, 0.6) is 5.75 Å². The van der Waals surface area contributed by atoms with Gasteiger partial charge in [-0.15, -0.1) is 23.1 Å². The number of rotatable bonds is 10. The summed E-state index contributed by atoms with van der Waals surface area (Å²) in [5.41, 5.74) is 9.51. The SMILES string of the molecule is COC(=O)CSCCc1nc(-c2cc(C(N)=O)c(C)n2Cc2ccccc2OC)cs1. The summed E-state index contributed by atoms with van der Waals surface area (Å²) in [6, 6.07) is 9.59. The van der Waals surface area contributed by atoms with Gasteiger partial charge in [-0.1, -0.05) is 18.2 Å². The predicted molar refractivity (Wildman–Crippen MR) is 124 cm³/mol. The van der Waals surface area contributed by atoms with E-state index in [1.54, 1.807) is 24.5 Å². The van der Waals surface area contributed by atoms with Crippen molar-refractivity contribution in [1.29, 1.82) is 0 Å². The fraction of sp³-hybridized carbons (Fsp3) is 0.318. The highest BCUT2D eigenvalue weighted by atomic mass is 32.2. The summed E-state index contributed by atoms with van der Waals surface area (Å²) in [5.74, 6) is 1.19. The number of carbonyl (C=O) groups excluding carboxylic acids is 2. The fourth-order valence-electron chi connectivity index (χ4n) is 3.23. The van der Waals surface area contributed by atoms with Crippen LogP contribution < -0.4 is 10.5 Å². The Labute approximate surface area is 189 Å². The molecule has 0 radical (unpaired) electrons. The highest BCUT2D eigenvalue weighted by Crippen LogP contribution is 2.30. The molecule has 0 atom stereocenters. The number of esters is 1.